The van der Waals surface area contributed by atoms with E-state index in [1.807, 2.05) is 49.4 Å². The molecule has 7 nitrogen and oxygen atoms in total. The van der Waals surface area contributed by atoms with Crippen molar-refractivity contribution in [2.45, 2.75) is 11.8 Å². The molecule has 0 unspecified atom stereocenters. The fourth-order valence-electron chi connectivity index (χ4n) is 3.76. The minimum atomic E-state index is -3.49. The zero-order valence-electron chi connectivity index (χ0n) is 17.0. The second-order valence-electron chi connectivity index (χ2n) is 7.48. The van der Waals surface area contributed by atoms with Gasteiger partial charge < -0.3 is 4.90 Å². The first-order valence-electron chi connectivity index (χ1n) is 10.0. The van der Waals surface area contributed by atoms with Gasteiger partial charge in [-0.05, 0) is 30.6 Å². The van der Waals surface area contributed by atoms with E-state index in [-0.39, 0.29) is 0 Å². The van der Waals surface area contributed by atoms with E-state index in [1.54, 1.807) is 22.8 Å². The molecule has 1 saturated heterocycles. The number of hydrogen-bond acceptors (Lipinski definition) is 7. The summed E-state index contributed by atoms with van der Waals surface area (Å²) in [5.74, 6) is 0.817. The van der Waals surface area contributed by atoms with Crippen molar-refractivity contribution in [2.24, 2.45) is 0 Å². The lowest BCUT2D eigenvalue weighted by Crippen LogP contribution is -2.48. The third-order valence-corrected chi connectivity index (χ3v) is 8.23. The van der Waals surface area contributed by atoms with Crippen LogP contribution in [0.5, 0.6) is 0 Å². The van der Waals surface area contributed by atoms with Crippen LogP contribution >= 0.6 is 11.5 Å². The first-order valence-corrected chi connectivity index (χ1v) is 12.2. The van der Waals surface area contributed by atoms with Gasteiger partial charge in [-0.15, -0.1) is 0 Å². The Morgan fingerprint density at radius 2 is 1.61 bits per heavy atom. The number of nitrogens with zero attached hydrogens (tertiary/aromatic N) is 5. The predicted molar refractivity (Wildman–Crippen MR) is 123 cm³/mol. The van der Waals surface area contributed by atoms with E-state index in [9.17, 15) is 8.42 Å². The molecule has 0 atom stereocenters. The van der Waals surface area contributed by atoms with Crippen LogP contribution in [0.4, 0.5) is 5.82 Å². The summed E-state index contributed by atoms with van der Waals surface area (Å²) in [4.78, 5) is 11.4. The van der Waals surface area contributed by atoms with Gasteiger partial charge in [0.15, 0.2) is 5.82 Å². The van der Waals surface area contributed by atoms with Gasteiger partial charge in [0.05, 0.1) is 4.90 Å². The molecular weight excluding hydrogens is 430 g/mol. The van der Waals surface area contributed by atoms with Crippen molar-refractivity contribution in [3.8, 4) is 11.3 Å². The lowest BCUT2D eigenvalue weighted by atomic mass is 10.1. The molecule has 0 aliphatic carbocycles. The zero-order valence-corrected chi connectivity index (χ0v) is 18.6. The van der Waals surface area contributed by atoms with Crippen molar-refractivity contribution >= 4 is 37.6 Å². The number of anilines is 1. The highest BCUT2D eigenvalue weighted by Crippen LogP contribution is 2.34. The molecule has 2 aromatic heterocycles. The van der Waals surface area contributed by atoms with Gasteiger partial charge in [-0.3, -0.25) is 0 Å². The molecule has 3 heterocycles. The van der Waals surface area contributed by atoms with Crippen LogP contribution in [0.15, 0.2) is 65.8 Å². The van der Waals surface area contributed by atoms with Gasteiger partial charge in [-0.1, -0.05) is 48.0 Å². The van der Waals surface area contributed by atoms with Gasteiger partial charge in [-0.2, -0.15) is 8.68 Å². The maximum absolute atomic E-state index is 13.0. The van der Waals surface area contributed by atoms with E-state index in [4.69, 9.17) is 0 Å². The molecule has 9 heteroatoms. The molecule has 1 aliphatic rings. The molecule has 1 aliphatic heterocycles. The molecule has 0 bridgehead atoms. The largest absolute Gasteiger partial charge is 0.353 e. The molecule has 158 valence electrons. The minimum Gasteiger partial charge on any atom is -0.353 e. The molecule has 5 rings (SSSR count). The third-order valence-electron chi connectivity index (χ3n) is 5.48. The summed E-state index contributed by atoms with van der Waals surface area (Å²) in [6.45, 7) is 3.89. The Morgan fingerprint density at radius 1 is 0.903 bits per heavy atom. The average Bonchev–Trinajstić information content (AvgIpc) is 3.24. The van der Waals surface area contributed by atoms with Gasteiger partial charge >= 0.3 is 0 Å². The van der Waals surface area contributed by atoms with E-state index >= 15 is 0 Å². The van der Waals surface area contributed by atoms with Crippen LogP contribution in [0.2, 0.25) is 0 Å². The molecular formula is C22H21N5O2S2. The SMILES string of the molecule is Cc1ccc(S(=O)(=O)N2CCN(c3ncnc4c(-c5ccccc5)nsc34)CC2)cc1. The van der Waals surface area contributed by atoms with Crippen LogP contribution in [-0.4, -0.2) is 53.2 Å². The molecule has 0 radical (unpaired) electrons. The number of fused-ring (bicyclic) bond motifs is 1. The second-order valence-corrected chi connectivity index (χ2v) is 10.2. The highest BCUT2D eigenvalue weighted by Gasteiger charge is 2.30. The monoisotopic (exact) mass is 451 g/mol. The molecule has 1 fully saturated rings. The molecule has 0 N–H and O–H groups in total. The van der Waals surface area contributed by atoms with E-state index in [2.05, 4.69) is 19.2 Å². The Labute approximate surface area is 185 Å². The number of aryl methyl sites for hydroxylation is 1. The molecule has 31 heavy (non-hydrogen) atoms. The number of piperazine rings is 1. The Hall–Kier alpha value is -2.88. The fraction of sp³-hybridized carbons (Fsp3) is 0.227. The van der Waals surface area contributed by atoms with E-state index in [0.29, 0.717) is 31.1 Å². The van der Waals surface area contributed by atoms with Crippen LogP contribution in [0.25, 0.3) is 21.5 Å². The number of rotatable bonds is 4. The van der Waals surface area contributed by atoms with Crippen molar-refractivity contribution in [2.75, 3.05) is 31.1 Å². The number of aromatic nitrogens is 3. The highest BCUT2D eigenvalue weighted by molar-refractivity contribution is 7.89. The maximum atomic E-state index is 13.0. The Kier molecular flexibility index (Phi) is 5.17. The van der Waals surface area contributed by atoms with Crippen molar-refractivity contribution in [1.29, 1.82) is 0 Å². The van der Waals surface area contributed by atoms with Crippen molar-refractivity contribution in [3.05, 3.63) is 66.5 Å². The Morgan fingerprint density at radius 3 is 2.32 bits per heavy atom. The normalized spacial score (nSPS) is 15.5. The van der Waals surface area contributed by atoms with Gasteiger partial charge in [0.2, 0.25) is 10.0 Å². The summed E-state index contributed by atoms with van der Waals surface area (Å²) in [5, 5.41) is 0. The van der Waals surface area contributed by atoms with Crippen LogP contribution in [-0.2, 0) is 10.0 Å². The fourth-order valence-corrected chi connectivity index (χ4v) is 6.06. The molecule has 0 amide bonds. The lowest BCUT2D eigenvalue weighted by molar-refractivity contribution is 0.384. The predicted octanol–water partition coefficient (Wildman–Crippen LogP) is 3.57. The standard InChI is InChI=1S/C22H21N5O2S2/c1-16-7-9-18(10-8-16)31(28,29)27-13-11-26(12-14-27)22-21-20(23-15-24-22)19(25-30-21)17-5-3-2-4-6-17/h2-10,15H,11-14H2,1H3. The van der Waals surface area contributed by atoms with Crippen molar-refractivity contribution < 1.29 is 8.42 Å². The summed E-state index contributed by atoms with van der Waals surface area (Å²) in [6, 6.07) is 17.0. The molecule has 2 aromatic carbocycles. The van der Waals surface area contributed by atoms with E-state index < -0.39 is 10.0 Å². The van der Waals surface area contributed by atoms with Gasteiger partial charge in [0.25, 0.3) is 0 Å². The van der Waals surface area contributed by atoms with E-state index in [1.165, 1.54) is 11.5 Å². The summed E-state index contributed by atoms with van der Waals surface area (Å²) in [5.41, 5.74) is 3.74. The quantitative estimate of drug-likeness (QED) is 0.472. The Bertz CT molecular complexity index is 1310. The minimum absolute atomic E-state index is 0.339. The topological polar surface area (TPSA) is 79.3 Å². The molecule has 0 spiro atoms. The lowest BCUT2D eigenvalue weighted by Gasteiger charge is -2.34. The van der Waals surface area contributed by atoms with Gasteiger partial charge in [0, 0.05) is 31.7 Å². The number of sulfonamides is 1. The maximum Gasteiger partial charge on any atom is 0.243 e. The summed E-state index contributed by atoms with van der Waals surface area (Å²) in [6.07, 6.45) is 1.56. The first-order chi connectivity index (χ1) is 15.0. The summed E-state index contributed by atoms with van der Waals surface area (Å²) in [7, 11) is -3.49. The van der Waals surface area contributed by atoms with Crippen molar-refractivity contribution in [3.63, 3.8) is 0 Å². The smallest absolute Gasteiger partial charge is 0.243 e. The van der Waals surface area contributed by atoms with Crippen LogP contribution in [0.1, 0.15) is 5.56 Å². The number of hydrogen-bond donors (Lipinski definition) is 0. The third kappa shape index (κ3) is 3.69. The van der Waals surface area contributed by atoms with Crippen molar-refractivity contribution in [1.82, 2.24) is 18.6 Å². The van der Waals surface area contributed by atoms with Crippen LogP contribution in [0, 0.1) is 6.92 Å². The average molecular weight is 452 g/mol. The summed E-state index contributed by atoms with van der Waals surface area (Å²) < 4.78 is 33.1. The number of benzene rings is 2. The Balaban J connectivity index is 1.39. The van der Waals surface area contributed by atoms with Gasteiger partial charge in [0.1, 0.15) is 22.2 Å². The van der Waals surface area contributed by atoms with E-state index in [0.717, 1.165) is 32.9 Å². The zero-order chi connectivity index (χ0) is 21.4. The molecule has 0 saturated carbocycles. The summed E-state index contributed by atoms with van der Waals surface area (Å²) >= 11 is 1.39. The highest BCUT2D eigenvalue weighted by atomic mass is 32.2. The van der Waals surface area contributed by atoms with Crippen LogP contribution in [0.3, 0.4) is 0 Å². The van der Waals surface area contributed by atoms with Gasteiger partial charge in [-0.25, -0.2) is 18.4 Å². The second kappa shape index (κ2) is 7.99. The van der Waals surface area contributed by atoms with Crippen LogP contribution < -0.4 is 4.90 Å². The first kappa shape index (κ1) is 20.0. The molecule has 4 aromatic rings.